The van der Waals surface area contributed by atoms with E-state index in [1.807, 2.05) is 71.4 Å². The Morgan fingerprint density at radius 1 is 0.971 bits per heavy atom. The third-order valence-corrected chi connectivity index (χ3v) is 7.11. The van der Waals surface area contributed by atoms with Crippen molar-refractivity contribution >= 4 is 34.1 Å². The molecule has 0 bridgehead atoms. The van der Waals surface area contributed by atoms with Crippen LogP contribution in [-0.4, -0.2) is 31.4 Å². The summed E-state index contributed by atoms with van der Waals surface area (Å²) in [6.45, 7) is 2.08. The highest BCUT2D eigenvalue weighted by atomic mass is 32.2. The molecule has 0 unspecified atom stereocenters. The van der Waals surface area contributed by atoms with Gasteiger partial charge >= 0.3 is 0 Å². The molecule has 0 fully saturated rings. The minimum Gasteiger partial charge on any atom is -0.301 e. The van der Waals surface area contributed by atoms with Crippen LogP contribution in [0.15, 0.2) is 96.3 Å². The molecule has 174 valence electrons. The molecule has 3 aromatic carbocycles. The van der Waals surface area contributed by atoms with Crippen LogP contribution in [0.3, 0.4) is 0 Å². The summed E-state index contributed by atoms with van der Waals surface area (Å²) in [6, 6.07) is 28.3. The van der Waals surface area contributed by atoms with Crippen molar-refractivity contribution in [2.24, 2.45) is 0 Å². The summed E-state index contributed by atoms with van der Waals surface area (Å²) < 4.78 is 1.98. The van der Waals surface area contributed by atoms with Crippen LogP contribution in [0, 0.1) is 6.92 Å². The molecule has 8 heteroatoms. The van der Waals surface area contributed by atoms with Gasteiger partial charge in [-0.25, -0.2) is 4.98 Å². The quantitative estimate of drug-likeness (QED) is 0.265. The number of nitrogens with zero attached hydrogens (tertiary/aromatic N) is 4. The largest absolute Gasteiger partial charge is 0.301 e. The molecule has 0 aliphatic carbocycles. The molecule has 2 heterocycles. The number of rotatable bonds is 8. The molecule has 0 aliphatic rings. The highest BCUT2D eigenvalue weighted by Gasteiger charge is 2.17. The Morgan fingerprint density at radius 3 is 2.51 bits per heavy atom. The summed E-state index contributed by atoms with van der Waals surface area (Å²) in [5.74, 6) is 0.808. The maximum absolute atomic E-state index is 12.7. The summed E-state index contributed by atoms with van der Waals surface area (Å²) in [5, 5.41) is 13.0. The number of thiazole rings is 1. The number of amides is 1. The van der Waals surface area contributed by atoms with Crippen molar-refractivity contribution in [1.29, 1.82) is 0 Å². The number of aromatic nitrogens is 4. The lowest BCUT2D eigenvalue weighted by Crippen LogP contribution is -2.14. The Bertz CT molecular complexity index is 1430. The van der Waals surface area contributed by atoms with Crippen molar-refractivity contribution in [2.75, 3.05) is 11.1 Å². The van der Waals surface area contributed by atoms with Gasteiger partial charge in [0.25, 0.3) is 0 Å². The van der Waals surface area contributed by atoms with Gasteiger partial charge in [0.15, 0.2) is 16.1 Å². The Morgan fingerprint density at radius 2 is 1.74 bits per heavy atom. The molecule has 0 saturated heterocycles. The number of thioether (sulfide) groups is 1. The Hall–Kier alpha value is -3.75. The van der Waals surface area contributed by atoms with Crippen molar-refractivity contribution in [1.82, 2.24) is 19.7 Å². The van der Waals surface area contributed by atoms with E-state index in [9.17, 15) is 4.79 Å². The first-order chi connectivity index (χ1) is 17.2. The Labute approximate surface area is 212 Å². The number of carbonyl (C=O) groups is 1. The lowest BCUT2D eigenvalue weighted by atomic mass is 10.1. The molecule has 6 nitrogen and oxygen atoms in total. The number of benzene rings is 3. The first-order valence-electron chi connectivity index (χ1n) is 11.1. The standard InChI is InChI=1S/C27H23N5OS2/c1-19-9-8-10-20(15-19)16-23-17-28-26(35-23)29-24(33)18-34-27-31-30-25(21-11-4-2-5-12-21)32(27)22-13-6-3-7-14-22/h2-15,17H,16,18H2,1H3,(H,28,29,33). The lowest BCUT2D eigenvalue weighted by Gasteiger charge is -2.10. The molecular weight excluding hydrogens is 474 g/mol. The van der Waals surface area contributed by atoms with Gasteiger partial charge in [-0.15, -0.1) is 21.5 Å². The van der Waals surface area contributed by atoms with E-state index in [1.165, 1.54) is 34.2 Å². The highest BCUT2D eigenvalue weighted by molar-refractivity contribution is 7.99. The normalized spacial score (nSPS) is 10.9. The number of para-hydroxylation sites is 1. The average molecular weight is 498 g/mol. The van der Waals surface area contributed by atoms with Gasteiger partial charge in [-0.1, -0.05) is 90.1 Å². The average Bonchev–Trinajstić information content (AvgIpc) is 3.50. The number of hydrogen-bond donors (Lipinski definition) is 1. The number of aryl methyl sites for hydroxylation is 1. The molecule has 5 rings (SSSR count). The molecule has 2 aromatic heterocycles. The van der Waals surface area contributed by atoms with Crippen LogP contribution in [-0.2, 0) is 11.2 Å². The second-order valence-corrected chi connectivity index (χ2v) is 10.0. The SMILES string of the molecule is Cc1cccc(Cc2cnc(NC(=O)CSc3nnc(-c4ccccc4)n3-c3ccccc3)s2)c1. The van der Waals surface area contributed by atoms with E-state index in [0.29, 0.717) is 10.3 Å². The van der Waals surface area contributed by atoms with Crippen LogP contribution in [0.4, 0.5) is 5.13 Å². The van der Waals surface area contributed by atoms with Gasteiger partial charge in [-0.05, 0) is 24.6 Å². The number of carbonyl (C=O) groups excluding carboxylic acids is 1. The lowest BCUT2D eigenvalue weighted by molar-refractivity contribution is -0.113. The first-order valence-corrected chi connectivity index (χ1v) is 12.9. The van der Waals surface area contributed by atoms with E-state index in [4.69, 9.17) is 0 Å². The molecule has 0 spiro atoms. The van der Waals surface area contributed by atoms with Crippen LogP contribution in [0.25, 0.3) is 17.1 Å². The Kier molecular flexibility index (Phi) is 7.02. The maximum atomic E-state index is 12.7. The van der Waals surface area contributed by atoms with Crippen molar-refractivity contribution in [3.05, 3.63) is 107 Å². The highest BCUT2D eigenvalue weighted by Crippen LogP contribution is 2.28. The molecule has 0 aliphatic heterocycles. The van der Waals surface area contributed by atoms with Gasteiger partial charge in [-0.3, -0.25) is 9.36 Å². The van der Waals surface area contributed by atoms with E-state index in [1.54, 1.807) is 0 Å². The fourth-order valence-electron chi connectivity index (χ4n) is 3.70. The monoisotopic (exact) mass is 497 g/mol. The van der Waals surface area contributed by atoms with Gasteiger partial charge in [0.1, 0.15) is 0 Å². The fraction of sp³-hybridized carbons (Fsp3) is 0.111. The van der Waals surface area contributed by atoms with Crippen molar-refractivity contribution in [3.8, 4) is 17.1 Å². The molecule has 5 aromatic rings. The van der Waals surface area contributed by atoms with Crippen LogP contribution in [0.5, 0.6) is 0 Å². The second-order valence-electron chi connectivity index (χ2n) is 7.98. The zero-order valence-electron chi connectivity index (χ0n) is 19.1. The van der Waals surface area contributed by atoms with Crippen molar-refractivity contribution < 1.29 is 4.79 Å². The topological polar surface area (TPSA) is 72.7 Å². The van der Waals surface area contributed by atoms with Crippen LogP contribution in [0.2, 0.25) is 0 Å². The molecule has 1 amide bonds. The molecule has 1 N–H and O–H groups in total. The van der Waals surface area contributed by atoms with Gasteiger partial charge in [0, 0.05) is 28.7 Å². The second kappa shape index (κ2) is 10.7. The zero-order chi connectivity index (χ0) is 24.0. The predicted molar refractivity (Wildman–Crippen MR) is 142 cm³/mol. The number of hydrogen-bond acceptors (Lipinski definition) is 6. The minimum atomic E-state index is -0.129. The van der Waals surface area contributed by atoms with E-state index < -0.39 is 0 Å². The van der Waals surface area contributed by atoms with Crippen LogP contribution in [0.1, 0.15) is 16.0 Å². The molecule has 0 radical (unpaired) electrons. The molecular formula is C27H23N5OS2. The van der Waals surface area contributed by atoms with Crippen LogP contribution >= 0.6 is 23.1 Å². The van der Waals surface area contributed by atoms with E-state index in [2.05, 4.69) is 51.7 Å². The molecule has 0 saturated carbocycles. The fourth-order valence-corrected chi connectivity index (χ4v) is 5.32. The third kappa shape index (κ3) is 5.67. The van der Waals surface area contributed by atoms with Gasteiger partial charge in [0.2, 0.25) is 5.91 Å². The van der Waals surface area contributed by atoms with Crippen LogP contribution < -0.4 is 5.32 Å². The third-order valence-electron chi connectivity index (χ3n) is 5.27. The number of anilines is 1. The summed E-state index contributed by atoms with van der Waals surface area (Å²) in [4.78, 5) is 18.2. The summed E-state index contributed by atoms with van der Waals surface area (Å²) in [6.07, 6.45) is 2.63. The summed E-state index contributed by atoms with van der Waals surface area (Å²) in [7, 11) is 0. The van der Waals surface area contributed by atoms with Crippen molar-refractivity contribution in [3.63, 3.8) is 0 Å². The van der Waals surface area contributed by atoms with E-state index in [-0.39, 0.29) is 11.7 Å². The van der Waals surface area contributed by atoms with Gasteiger partial charge in [-0.2, -0.15) is 0 Å². The molecule has 35 heavy (non-hydrogen) atoms. The van der Waals surface area contributed by atoms with E-state index in [0.717, 1.165) is 28.4 Å². The molecule has 0 atom stereocenters. The summed E-state index contributed by atoms with van der Waals surface area (Å²) in [5.41, 5.74) is 4.37. The zero-order valence-corrected chi connectivity index (χ0v) is 20.7. The Balaban J connectivity index is 1.27. The number of nitrogens with one attached hydrogen (secondary N) is 1. The summed E-state index contributed by atoms with van der Waals surface area (Å²) >= 11 is 2.85. The van der Waals surface area contributed by atoms with Gasteiger partial charge in [0.05, 0.1) is 5.75 Å². The minimum absolute atomic E-state index is 0.129. The maximum Gasteiger partial charge on any atom is 0.236 e. The van der Waals surface area contributed by atoms with Gasteiger partial charge < -0.3 is 5.32 Å². The smallest absolute Gasteiger partial charge is 0.236 e. The van der Waals surface area contributed by atoms with E-state index >= 15 is 0 Å². The van der Waals surface area contributed by atoms with Crippen molar-refractivity contribution in [2.45, 2.75) is 18.5 Å². The first kappa shape index (κ1) is 23.0. The predicted octanol–water partition coefficient (Wildman–Crippen LogP) is 6.02.